The summed E-state index contributed by atoms with van der Waals surface area (Å²) in [5, 5.41) is 2.88. The van der Waals surface area contributed by atoms with Crippen LogP contribution in [0.5, 0.6) is 5.75 Å². The Morgan fingerprint density at radius 2 is 1.92 bits per heavy atom. The zero-order valence-corrected chi connectivity index (χ0v) is 14.4. The molecule has 1 aliphatic heterocycles. The Morgan fingerprint density at radius 1 is 1.20 bits per heavy atom. The minimum Gasteiger partial charge on any atom is -0.487 e. The molecule has 1 N–H and O–H groups in total. The first kappa shape index (κ1) is 17.1. The van der Waals surface area contributed by atoms with Crippen LogP contribution in [0.25, 0.3) is 0 Å². The number of carbonyl (C=O) groups excluding carboxylic acids is 2. The highest BCUT2D eigenvalue weighted by Gasteiger charge is 2.35. The summed E-state index contributed by atoms with van der Waals surface area (Å²) in [6, 6.07) is 10.7. The van der Waals surface area contributed by atoms with Gasteiger partial charge in [-0.2, -0.15) is 0 Å². The summed E-state index contributed by atoms with van der Waals surface area (Å²) in [5.74, 6) is -0.490. The molecule has 0 radical (unpaired) electrons. The summed E-state index contributed by atoms with van der Waals surface area (Å²) < 4.78 is 19.8. The number of fused-ring (bicyclic) bond motifs is 1. The van der Waals surface area contributed by atoms with Crippen molar-refractivity contribution in [1.82, 2.24) is 5.32 Å². The molecule has 1 heterocycles. The highest BCUT2D eigenvalue weighted by molar-refractivity contribution is 5.95. The van der Waals surface area contributed by atoms with E-state index in [0.29, 0.717) is 17.7 Å². The summed E-state index contributed by atoms with van der Waals surface area (Å²) in [4.78, 5) is 24.2. The van der Waals surface area contributed by atoms with Crippen molar-refractivity contribution in [2.24, 2.45) is 0 Å². The number of benzene rings is 2. The second-order valence-corrected chi connectivity index (χ2v) is 6.88. The summed E-state index contributed by atoms with van der Waals surface area (Å²) >= 11 is 0. The van der Waals surface area contributed by atoms with Crippen LogP contribution >= 0.6 is 0 Å². The Kier molecular flexibility index (Phi) is 4.33. The van der Waals surface area contributed by atoms with E-state index in [0.717, 1.165) is 5.56 Å². The van der Waals surface area contributed by atoms with Crippen molar-refractivity contribution in [1.29, 1.82) is 0 Å². The molecule has 0 aliphatic carbocycles. The predicted octanol–water partition coefficient (Wildman–Crippen LogP) is 4.06. The van der Waals surface area contributed by atoms with E-state index in [9.17, 15) is 14.0 Å². The highest BCUT2D eigenvalue weighted by Crippen LogP contribution is 2.40. The van der Waals surface area contributed by atoms with Gasteiger partial charge in [-0.05, 0) is 51.1 Å². The van der Waals surface area contributed by atoms with Crippen LogP contribution < -0.4 is 10.1 Å². The number of ketones is 1. The van der Waals surface area contributed by atoms with Crippen LogP contribution in [-0.4, -0.2) is 17.3 Å². The number of carbonyl (C=O) groups is 2. The molecule has 1 atom stereocenters. The maximum Gasteiger partial charge on any atom is 0.254 e. The number of Topliss-reactive ketones (excluding diaryl/α,β-unsaturated/α-hetero) is 1. The third-order valence-corrected chi connectivity index (χ3v) is 4.30. The van der Waals surface area contributed by atoms with Gasteiger partial charge in [0, 0.05) is 17.5 Å². The van der Waals surface area contributed by atoms with Gasteiger partial charge in [0.1, 0.15) is 17.2 Å². The van der Waals surface area contributed by atoms with Crippen molar-refractivity contribution in [2.75, 3.05) is 0 Å². The van der Waals surface area contributed by atoms with E-state index in [-0.39, 0.29) is 17.4 Å². The van der Waals surface area contributed by atoms with Gasteiger partial charge in [-0.1, -0.05) is 12.1 Å². The maximum absolute atomic E-state index is 13.9. The Balaban J connectivity index is 1.96. The average Bonchev–Trinajstić information content (AvgIpc) is 2.53. The van der Waals surface area contributed by atoms with E-state index >= 15 is 0 Å². The Labute approximate surface area is 146 Å². The SMILES string of the molecule is CC(=O)c1ccc2c(c1)[C@@H](NC(=O)c1ccccc1F)CC(C)(C)O2. The summed E-state index contributed by atoms with van der Waals surface area (Å²) in [6.45, 7) is 5.34. The number of nitrogens with one attached hydrogen (secondary N) is 1. The smallest absolute Gasteiger partial charge is 0.254 e. The summed E-state index contributed by atoms with van der Waals surface area (Å²) in [6.07, 6.45) is 0.515. The van der Waals surface area contributed by atoms with Crippen LogP contribution in [0.3, 0.4) is 0 Å². The molecule has 3 rings (SSSR count). The average molecular weight is 341 g/mol. The Bertz CT molecular complexity index is 845. The van der Waals surface area contributed by atoms with Crippen LogP contribution in [-0.2, 0) is 0 Å². The molecular formula is C20H20FNO3. The number of amides is 1. The molecule has 1 amide bonds. The second kappa shape index (κ2) is 6.31. The molecule has 0 unspecified atom stereocenters. The van der Waals surface area contributed by atoms with Crippen molar-refractivity contribution in [3.05, 3.63) is 65.0 Å². The molecule has 1 aliphatic rings. The van der Waals surface area contributed by atoms with E-state index < -0.39 is 17.3 Å². The Morgan fingerprint density at radius 3 is 2.60 bits per heavy atom. The number of hydrogen-bond donors (Lipinski definition) is 1. The predicted molar refractivity (Wildman–Crippen MR) is 92.4 cm³/mol. The van der Waals surface area contributed by atoms with Gasteiger partial charge in [0.2, 0.25) is 0 Å². The Hall–Kier alpha value is -2.69. The first-order valence-electron chi connectivity index (χ1n) is 8.16. The third kappa shape index (κ3) is 3.55. The van der Waals surface area contributed by atoms with Crippen molar-refractivity contribution in [2.45, 2.75) is 38.8 Å². The largest absolute Gasteiger partial charge is 0.487 e. The van der Waals surface area contributed by atoms with Gasteiger partial charge >= 0.3 is 0 Å². The van der Waals surface area contributed by atoms with Gasteiger partial charge in [0.25, 0.3) is 5.91 Å². The fourth-order valence-corrected chi connectivity index (χ4v) is 3.08. The first-order valence-corrected chi connectivity index (χ1v) is 8.16. The van der Waals surface area contributed by atoms with E-state index in [1.807, 2.05) is 13.8 Å². The molecule has 0 saturated heterocycles. The minimum absolute atomic E-state index is 0.00364. The normalized spacial score (nSPS) is 18.0. The topological polar surface area (TPSA) is 55.4 Å². The van der Waals surface area contributed by atoms with Crippen LogP contribution in [0, 0.1) is 5.82 Å². The molecule has 0 saturated carbocycles. The van der Waals surface area contributed by atoms with Gasteiger partial charge in [-0.3, -0.25) is 9.59 Å². The van der Waals surface area contributed by atoms with Crippen molar-refractivity contribution >= 4 is 11.7 Å². The molecule has 0 spiro atoms. The quantitative estimate of drug-likeness (QED) is 0.857. The standard InChI is InChI=1S/C20H20FNO3/c1-12(23)13-8-9-18-15(10-13)17(11-20(2,3)25-18)22-19(24)14-6-4-5-7-16(14)21/h4-10,17H,11H2,1-3H3,(H,22,24)/t17-/m0/s1. The lowest BCUT2D eigenvalue weighted by Crippen LogP contribution is -2.41. The van der Waals surface area contributed by atoms with Crippen molar-refractivity contribution in [3.63, 3.8) is 0 Å². The van der Waals surface area contributed by atoms with Crippen LogP contribution in [0.15, 0.2) is 42.5 Å². The fourth-order valence-electron chi connectivity index (χ4n) is 3.08. The number of rotatable bonds is 3. The van der Waals surface area contributed by atoms with Gasteiger partial charge in [0.15, 0.2) is 5.78 Å². The lowest BCUT2D eigenvalue weighted by molar-refractivity contribution is 0.0618. The summed E-state index contributed by atoms with van der Waals surface area (Å²) in [7, 11) is 0. The monoisotopic (exact) mass is 341 g/mol. The lowest BCUT2D eigenvalue weighted by atomic mass is 9.88. The van der Waals surface area contributed by atoms with E-state index in [1.54, 1.807) is 24.3 Å². The molecule has 0 aromatic heterocycles. The van der Waals surface area contributed by atoms with E-state index in [2.05, 4.69) is 5.32 Å². The minimum atomic E-state index is -0.566. The molecule has 2 aromatic rings. The molecule has 0 fully saturated rings. The summed E-state index contributed by atoms with van der Waals surface area (Å²) in [5.41, 5.74) is 0.790. The molecule has 0 bridgehead atoms. The van der Waals surface area contributed by atoms with E-state index in [4.69, 9.17) is 4.74 Å². The lowest BCUT2D eigenvalue weighted by Gasteiger charge is -2.38. The number of ether oxygens (including phenoxy) is 1. The third-order valence-electron chi connectivity index (χ3n) is 4.30. The van der Waals surface area contributed by atoms with Crippen LogP contribution in [0.1, 0.15) is 59.5 Å². The maximum atomic E-state index is 13.9. The number of halogens is 1. The second-order valence-electron chi connectivity index (χ2n) is 6.88. The molecule has 130 valence electrons. The van der Waals surface area contributed by atoms with Gasteiger partial charge in [-0.15, -0.1) is 0 Å². The molecular weight excluding hydrogens is 321 g/mol. The van der Waals surface area contributed by atoms with Gasteiger partial charge in [0.05, 0.1) is 11.6 Å². The van der Waals surface area contributed by atoms with Crippen molar-refractivity contribution < 1.29 is 18.7 Å². The van der Waals surface area contributed by atoms with Gasteiger partial charge in [-0.25, -0.2) is 4.39 Å². The molecule has 2 aromatic carbocycles. The van der Waals surface area contributed by atoms with Crippen LogP contribution in [0.2, 0.25) is 0 Å². The molecule has 4 nitrogen and oxygen atoms in total. The van der Waals surface area contributed by atoms with Gasteiger partial charge < -0.3 is 10.1 Å². The van der Waals surface area contributed by atoms with E-state index in [1.165, 1.54) is 25.1 Å². The zero-order valence-electron chi connectivity index (χ0n) is 14.4. The molecule has 25 heavy (non-hydrogen) atoms. The number of hydrogen-bond acceptors (Lipinski definition) is 3. The molecule has 5 heteroatoms. The zero-order chi connectivity index (χ0) is 18.2. The highest BCUT2D eigenvalue weighted by atomic mass is 19.1. The van der Waals surface area contributed by atoms with Crippen LogP contribution in [0.4, 0.5) is 4.39 Å². The first-order chi connectivity index (χ1) is 11.8. The fraction of sp³-hybridized carbons (Fsp3) is 0.300. The van der Waals surface area contributed by atoms with Crippen molar-refractivity contribution in [3.8, 4) is 5.75 Å².